The smallest absolute Gasteiger partial charge is 0.229 e. The SMILES string of the molecule is Cc1cccc(NC(=O)[C@H]2CCCN(CCc3nnc(N)s3)C2)n1. The van der Waals surface area contributed by atoms with Gasteiger partial charge in [0.2, 0.25) is 11.0 Å². The number of amides is 1. The van der Waals surface area contributed by atoms with Gasteiger partial charge in [-0.1, -0.05) is 17.4 Å². The number of likely N-dealkylation sites (tertiary alicyclic amines) is 1. The molecule has 0 spiro atoms. The lowest BCUT2D eigenvalue weighted by molar-refractivity contribution is -0.121. The van der Waals surface area contributed by atoms with Crippen LogP contribution in [-0.4, -0.2) is 45.6 Å². The summed E-state index contributed by atoms with van der Waals surface area (Å²) in [5.41, 5.74) is 6.50. The molecule has 1 fully saturated rings. The van der Waals surface area contributed by atoms with Crippen molar-refractivity contribution in [3.8, 4) is 0 Å². The minimum atomic E-state index is 0.000511. The summed E-state index contributed by atoms with van der Waals surface area (Å²) in [4.78, 5) is 19.1. The first-order chi connectivity index (χ1) is 11.6. The highest BCUT2D eigenvalue weighted by Crippen LogP contribution is 2.19. The number of carbonyl (C=O) groups excluding carboxylic acids is 1. The lowest BCUT2D eigenvalue weighted by atomic mass is 9.97. The van der Waals surface area contributed by atoms with Crippen LogP contribution in [0.5, 0.6) is 0 Å². The second-order valence-corrected chi connectivity index (χ2v) is 7.17. The molecule has 7 nitrogen and oxygen atoms in total. The van der Waals surface area contributed by atoms with Gasteiger partial charge in [0.15, 0.2) is 0 Å². The topological polar surface area (TPSA) is 97.0 Å². The van der Waals surface area contributed by atoms with E-state index in [1.165, 1.54) is 11.3 Å². The van der Waals surface area contributed by atoms with Crippen LogP contribution in [0.1, 0.15) is 23.5 Å². The van der Waals surface area contributed by atoms with Crippen LogP contribution in [0.4, 0.5) is 10.9 Å². The average Bonchev–Trinajstić information content (AvgIpc) is 2.99. The van der Waals surface area contributed by atoms with Gasteiger partial charge in [-0.15, -0.1) is 10.2 Å². The Bertz CT molecular complexity index is 703. The van der Waals surface area contributed by atoms with Gasteiger partial charge in [-0.25, -0.2) is 4.98 Å². The van der Waals surface area contributed by atoms with Crippen molar-refractivity contribution >= 4 is 28.2 Å². The molecule has 0 aromatic carbocycles. The Morgan fingerprint density at radius 3 is 3.08 bits per heavy atom. The van der Waals surface area contributed by atoms with Crippen LogP contribution < -0.4 is 11.1 Å². The summed E-state index contributed by atoms with van der Waals surface area (Å²) >= 11 is 1.43. The number of nitrogens with two attached hydrogens (primary N) is 1. The highest BCUT2D eigenvalue weighted by atomic mass is 32.1. The first kappa shape index (κ1) is 16.8. The van der Waals surface area contributed by atoms with Gasteiger partial charge in [-0.2, -0.15) is 0 Å². The second-order valence-electron chi connectivity index (χ2n) is 6.08. The van der Waals surface area contributed by atoms with Gasteiger partial charge in [0.1, 0.15) is 10.8 Å². The van der Waals surface area contributed by atoms with Crippen LogP contribution in [0.25, 0.3) is 0 Å². The number of hydrogen-bond donors (Lipinski definition) is 2. The maximum absolute atomic E-state index is 12.5. The fraction of sp³-hybridized carbons (Fsp3) is 0.500. The van der Waals surface area contributed by atoms with E-state index in [0.29, 0.717) is 10.9 Å². The summed E-state index contributed by atoms with van der Waals surface area (Å²) in [5, 5.41) is 12.3. The lowest BCUT2D eigenvalue weighted by Crippen LogP contribution is -2.41. The standard InChI is InChI=1S/C16H22N6OS/c1-11-4-2-6-13(18-11)19-15(23)12-5-3-8-22(10-12)9-7-14-20-21-16(17)24-14/h2,4,6,12H,3,5,7-10H2,1H3,(H2,17,21)(H,18,19,23)/t12-/m0/s1. The molecular weight excluding hydrogens is 324 g/mol. The number of anilines is 2. The third kappa shape index (κ3) is 4.48. The van der Waals surface area contributed by atoms with Gasteiger partial charge in [0.05, 0.1) is 5.92 Å². The summed E-state index contributed by atoms with van der Waals surface area (Å²) in [5.74, 6) is 0.681. The van der Waals surface area contributed by atoms with Crippen molar-refractivity contribution in [3.05, 3.63) is 28.9 Å². The summed E-state index contributed by atoms with van der Waals surface area (Å²) in [7, 11) is 0. The summed E-state index contributed by atoms with van der Waals surface area (Å²) in [6.45, 7) is 4.58. The molecule has 0 unspecified atom stereocenters. The molecule has 0 saturated carbocycles. The van der Waals surface area contributed by atoms with Crippen LogP contribution in [0.3, 0.4) is 0 Å². The monoisotopic (exact) mass is 346 g/mol. The first-order valence-electron chi connectivity index (χ1n) is 8.15. The van der Waals surface area contributed by atoms with E-state index in [9.17, 15) is 4.79 Å². The Morgan fingerprint density at radius 2 is 2.33 bits per heavy atom. The van der Waals surface area contributed by atoms with Gasteiger partial charge >= 0.3 is 0 Å². The Kier molecular flexibility index (Phi) is 5.37. The van der Waals surface area contributed by atoms with Gasteiger partial charge in [-0.3, -0.25) is 4.79 Å². The average molecular weight is 346 g/mol. The van der Waals surface area contributed by atoms with E-state index in [1.54, 1.807) is 0 Å². The Hall–Kier alpha value is -2.06. The third-order valence-electron chi connectivity index (χ3n) is 4.14. The number of pyridine rings is 1. The van der Waals surface area contributed by atoms with Crippen molar-refractivity contribution in [1.29, 1.82) is 0 Å². The zero-order valence-corrected chi connectivity index (χ0v) is 14.6. The summed E-state index contributed by atoms with van der Waals surface area (Å²) in [6.07, 6.45) is 2.76. The van der Waals surface area contributed by atoms with Crippen molar-refractivity contribution in [1.82, 2.24) is 20.1 Å². The molecule has 2 aromatic heterocycles. The Morgan fingerprint density at radius 1 is 1.46 bits per heavy atom. The fourth-order valence-corrected chi connectivity index (χ4v) is 3.53. The molecular formula is C16H22N6OS. The number of carbonyl (C=O) groups is 1. The highest BCUT2D eigenvalue weighted by Gasteiger charge is 2.26. The molecule has 3 heterocycles. The Balaban J connectivity index is 1.51. The molecule has 1 saturated heterocycles. The molecule has 2 aromatic rings. The molecule has 0 bridgehead atoms. The number of aromatic nitrogens is 3. The Labute approximate surface area is 145 Å². The van der Waals surface area contributed by atoms with Crippen molar-refractivity contribution in [2.45, 2.75) is 26.2 Å². The van der Waals surface area contributed by atoms with Crippen molar-refractivity contribution < 1.29 is 4.79 Å². The van der Waals surface area contributed by atoms with Gasteiger partial charge in [0, 0.05) is 25.2 Å². The minimum absolute atomic E-state index is 0.000511. The summed E-state index contributed by atoms with van der Waals surface area (Å²) in [6, 6.07) is 5.64. The van der Waals surface area contributed by atoms with E-state index in [1.807, 2.05) is 25.1 Å². The van der Waals surface area contributed by atoms with Crippen molar-refractivity contribution in [3.63, 3.8) is 0 Å². The molecule has 1 aliphatic rings. The molecule has 3 rings (SSSR count). The number of nitrogens with one attached hydrogen (secondary N) is 1. The molecule has 3 N–H and O–H groups in total. The number of piperidine rings is 1. The second kappa shape index (κ2) is 7.67. The molecule has 0 aliphatic carbocycles. The number of nitrogens with zero attached hydrogens (tertiary/aromatic N) is 4. The van der Waals surface area contributed by atoms with E-state index >= 15 is 0 Å². The quantitative estimate of drug-likeness (QED) is 0.855. The number of hydrogen-bond acceptors (Lipinski definition) is 7. The van der Waals surface area contributed by atoms with Crippen LogP contribution in [0, 0.1) is 12.8 Å². The first-order valence-corrected chi connectivity index (χ1v) is 8.96. The minimum Gasteiger partial charge on any atom is -0.374 e. The van der Waals surface area contributed by atoms with Crippen LogP contribution in [0.2, 0.25) is 0 Å². The van der Waals surface area contributed by atoms with E-state index in [-0.39, 0.29) is 11.8 Å². The molecule has 8 heteroatoms. The normalized spacial score (nSPS) is 18.5. The predicted molar refractivity (Wildman–Crippen MR) is 94.8 cm³/mol. The zero-order chi connectivity index (χ0) is 16.9. The third-order valence-corrected chi connectivity index (χ3v) is 4.95. The predicted octanol–water partition coefficient (Wildman–Crippen LogP) is 1.72. The van der Waals surface area contributed by atoms with E-state index < -0.39 is 0 Å². The van der Waals surface area contributed by atoms with E-state index in [0.717, 1.165) is 49.6 Å². The molecule has 1 aliphatic heterocycles. The molecule has 24 heavy (non-hydrogen) atoms. The van der Waals surface area contributed by atoms with Crippen molar-refractivity contribution in [2.75, 3.05) is 30.7 Å². The van der Waals surface area contributed by atoms with Gasteiger partial charge in [0.25, 0.3) is 0 Å². The fourth-order valence-electron chi connectivity index (χ4n) is 2.93. The van der Waals surface area contributed by atoms with Gasteiger partial charge in [-0.05, 0) is 38.4 Å². The number of rotatable bonds is 5. The maximum Gasteiger partial charge on any atom is 0.229 e. The number of aryl methyl sites for hydroxylation is 1. The lowest BCUT2D eigenvalue weighted by Gasteiger charge is -2.31. The largest absolute Gasteiger partial charge is 0.374 e. The van der Waals surface area contributed by atoms with Crippen LogP contribution >= 0.6 is 11.3 Å². The van der Waals surface area contributed by atoms with E-state index in [4.69, 9.17) is 5.73 Å². The molecule has 1 amide bonds. The molecule has 1 atom stereocenters. The zero-order valence-electron chi connectivity index (χ0n) is 13.7. The maximum atomic E-state index is 12.5. The van der Waals surface area contributed by atoms with Crippen LogP contribution in [0.15, 0.2) is 18.2 Å². The number of nitrogen functional groups attached to an aromatic ring is 1. The van der Waals surface area contributed by atoms with Gasteiger partial charge < -0.3 is 16.0 Å². The van der Waals surface area contributed by atoms with Crippen LogP contribution in [-0.2, 0) is 11.2 Å². The van der Waals surface area contributed by atoms with E-state index in [2.05, 4.69) is 25.4 Å². The summed E-state index contributed by atoms with van der Waals surface area (Å²) < 4.78 is 0. The van der Waals surface area contributed by atoms with Crippen molar-refractivity contribution in [2.24, 2.45) is 5.92 Å². The molecule has 128 valence electrons. The molecule has 0 radical (unpaired) electrons. The highest BCUT2D eigenvalue weighted by molar-refractivity contribution is 7.15.